The molecule has 1 aliphatic carbocycles. The average Bonchev–Trinajstić information content (AvgIpc) is 3.46. The molecule has 1 aliphatic rings. The van der Waals surface area contributed by atoms with Gasteiger partial charge in [0, 0.05) is 16.7 Å². The van der Waals surface area contributed by atoms with Crippen LogP contribution >= 0.6 is 15.9 Å². The van der Waals surface area contributed by atoms with Crippen molar-refractivity contribution < 1.29 is 28.7 Å². The standard InChI is InChI=1S/C18H16BrNO5/c1-24-17(22)15(16(21)18(23)25-2)20-9-11-5-3-4-6-12(11)13(19)14(20)10-7-8-10/h3-6,9-10H,7-8H2,1-2H3/p+1. The lowest BCUT2D eigenvalue weighted by atomic mass is 10.1. The summed E-state index contributed by atoms with van der Waals surface area (Å²) in [7, 11) is 2.33. The summed E-state index contributed by atoms with van der Waals surface area (Å²) in [6.07, 6.45) is 3.65. The van der Waals surface area contributed by atoms with Crippen molar-refractivity contribution in [3.8, 4) is 0 Å². The number of methoxy groups -OCH3 is 2. The molecule has 0 atom stereocenters. The minimum atomic E-state index is -1.00. The number of ether oxygens (including phenoxy) is 2. The number of nitrogens with zero attached hydrogens (tertiary/aromatic N) is 1. The third-order valence-corrected chi connectivity index (χ3v) is 4.97. The van der Waals surface area contributed by atoms with Gasteiger partial charge in [-0.15, -0.1) is 0 Å². The first-order valence-electron chi connectivity index (χ1n) is 7.72. The second kappa shape index (κ2) is 6.84. The highest BCUT2D eigenvalue weighted by Gasteiger charge is 2.41. The minimum absolute atomic E-state index is 0.226. The van der Waals surface area contributed by atoms with E-state index >= 15 is 0 Å². The first-order chi connectivity index (χ1) is 12.0. The Hall–Kier alpha value is -2.41. The number of aliphatic hydroxyl groups excluding tert-OH is 1. The monoisotopic (exact) mass is 406 g/mol. The van der Waals surface area contributed by atoms with Gasteiger partial charge in [0.05, 0.1) is 18.7 Å². The van der Waals surface area contributed by atoms with E-state index < -0.39 is 17.7 Å². The van der Waals surface area contributed by atoms with Gasteiger partial charge in [-0.25, -0.2) is 9.59 Å². The molecule has 0 radical (unpaired) electrons. The summed E-state index contributed by atoms with van der Waals surface area (Å²) in [5.41, 5.74) is 0.553. The van der Waals surface area contributed by atoms with Crippen LogP contribution < -0.4 is 4.57 Å². The first-order valence-corrected chi connectivity index (χ1v) is 8.52. The lowest BCUT2D eigenvalue weighted by Crippen LogP contribution is -2.43. The van der Waals surface area contributed by atoms with E-state index in [-0.39, 0.29) is 11.6 Å². The minimum Gasteiger partial charge on any atom is -0.497 e. The predicted octanol–water partition coefficient (Wildman–Crippen LogP) is 2.84. The van der Waals surface area contributed by atoms with E-state index in [4.69, 9.17) is 4.74 Å². The Balaban J connectivity index is 2.36. The van der Waals surface area contributed by atoms with E-state index in [1.165, 1.54) is 11.7 Å². The lowest BCUT2D eigenvalue weighted by Gasteiger charge is -2.10. The average molecular weight is 407 g/mol. The Morgan fingerprint density at radius 3 is 2.40 bits per heavy atom. The molecule has 1 saturated carbocycles. The molecule has 0 saturated heterocycles. The Kier molecular flexibility index (Phi) is 4.76. The molecule has 1 fully saturated rings. The van der Waals surface area contributed by atoms with Crippen LogP contribution in [0.5, 0.6) is 0 Å². The molecule has 0 amide bonds. The van der Waals surface area contributed by atoms with Crippen molar-refractivity contribution in [2.75, 3.05) is 14.2 Å². The molecule has 0 bridgehead atoms. The SMILES string of the molecule is COC(=O)/C(O)=C(\C(=O)OC)[n+]1cc2ccccc2c(Br)c1C1CC1. The fraction of sp³-hybridized carbons (Fsp3) is 0.278. The third-order valence-electron chi connectivity index (χ3n) is 4.14. The predicted molar refractivity (Wildman–Crippen MR) is 93.7 cm³/mol. The van der Waals surface area contributed by atoms with E-state index in [9.17, 15) is 14.7 Å². The van der Waals surface area contributed by atoms with E-state index in [1.54, 1.807) is 6.20 Å². The summed E-state index contributed by atoms with van der Waals surface area (Å²) < 4.78 is 11.7. The number of esters is 2. The van der Waals surface area contributed by atoms with Crippen LogP contribution in [0.2, 0.25) is 0 Å². The zero-order valence-electron chi connectivity index (χ0n) is 13.8. The van der Waals surface area contributed by atoms with Crippen molar-refractivity contribution in [3.63, 3.8) is 0 Å². The maximum atomic E-state index is 12.3. The number of hydrogen-bond acceptors (Lipinski definition) is 5. The van der Waals surface area contributed by atoms with E-state index in [0.717, 1.165) is 40.9 Å². The number of halogens is 1. The highest BCUT2D eigenvalue weighted by molar-refractivity contribution is 9.10. The number of aromatic nitrogens is 1. The van der Waals surface area contributed by atoms with Gasteiger partial charge in [0.25, 0.3) is 5.76 Å². The summed E-state index contributed by atoms with van der Waals surface area (Å²) in [6, 6.07) is 7.66. The lowest BCUT2D eigenvalue weighted by molar-refractivity contribution is -0.587. The van der Waals surface area contributed by atoms with E-state index in [0.29, 0.717) is 0 Å². The number of carbonyl (C=O) groups is 2. The molecular weight excluding hydrogens is 390 g/mol. The highest BCUT2D eigenvalue weighted by Crippen LogP contribution is 2.43. The van der Waals surface area contributed by atoms with Crippen molar-refractivity contribution in [1.29, 1.82) is 0 Å². The first kappa shape index (κ1) is 17.4. The Morgan fingerprint density at radius 1 is 1.16 bits per heavy atom. The van der Waals surface area contributed by atoms with Gasteiger partial charge in [0.15, 0.2) is 6.20 Å². The number of aliphatic hydroxyl groups is 1. The molecule has 25 heavy (non-hydrogen) atoms. The summed E-state index contributed by atoms with van der Waals surface area (Å²) in [5, 5.41) is 12.1. The molecule has 3 rings (SSSR count). The van der Waals surface area contributed by atoms with Crippen LogP contribution in [0.1, 0.15) is 24.5 Å². The molecule has 0 spiro atoms. The van der Waals surface area contributed by atoms with Gasteiger partial charge < -0.3 is 14.6 Å². The van der Waals surface area contributed by atoms with Gasteiger partial charge in [0.1, 0.15) is 0 Å². The van der Waals surface area contributed by atoms with Crippen molar-refractivity contribution in [2.45, 2.75) is 18.8 Å². The maximum absolute atomic E-state index is 12.3. The van der Waals surface area contributed by atoms with Crippen molar-refractivity contribution >= 4 is 44.3 Å². The molecule has 130 valence electrons. The van der Waals surface area contributed by atoms with Crippen LogP contribution in [0, 0.1) is 0 Å². The molecule has 1 N–H and O–H groups in total. The fourth-order valence-electron chi connectivity index (χ4n) is 2.78. The number of fused-ring (bicyclic) bond motifs is 1. The molecule has 1 heterocycles. The quantitative estimate of drug-likeness (QED) is 0.365. The molecule has 6 nitrogen and oxygen atoms in total. The smallest absolute Gasteiger partial charge is 0.408 e. The van der Waals surface area contributed by atoms with Gasteiger partial charge in [-0.3, -0.25) is 0 Å². The van der Waals surface area contributed by atoms with Gasteiger partial charge in [0.2, 0.25) is 5.69 Å². The van der Waals surface area contributed by atoms with E-state index in [1.807, 2.05) is 24.3 Å². The van der Waals surface area contributed by atoms with Crippen LogP contribution in [0.25, 0.3) is 16.5 Å². The largest absolute Gasteiger partial charge is 0.497 e. The van der Waals surface area contributed by atoms with Crippen LogP contribution in [0.4, 0.5) is 0 Å². The third kappa shape index (κ3) is 3.11. The van der Waals surface area contributed by atoms with Gasteiger partial charge >= 0.3 is 17.6 Å². The topological polar surface area (TPSA) is 76.7 Å². The summed E-state index contributed by atoms with van der Waals surface area (Å²) >= 11 is 3.62. The van der Waals surface area contributed by atoms with Crippen LogP contribution in [-0.4, -0.2) is 31.3 Å². The Labute approximate surface area is 152 Å². The number of benzene rings is 1. The second-order valence-electron chi connectivity index (χ2n) is 5.74. The molecule has 1 aromatic carbocycles. The molecule has 2 aromatic rings. The van der Waals surface area contributed by atoms with Gasteiger partial charge in [-0.05, 0) is 34.8 Å². The summed E-state index contributed by atoms with van der Waals surface area (Å²) in [5.74, 6) is -2.39. The Bertz CT molecular complexity index is 902. The second-order valence-corrected chi connectivity index (χ2v) is 6.53. The molecule has 0 aliphatic heterocycles. The van der Waals surface area contributed by atoms with Crippen LogP contribution in [0.15, 0.2) is 40.7 Å². The van der Waals surface area contributed by atoms with Gasteiger partial charge in [-0.1, -0.05) is 18.2 Å². The van der Waals surface area contributed by atoms with E-state index in [2.05, 4.69) is 20.7 Å². The molecule has 7 heteroatoms. The summed E-state index contributed by atoms with van der Waals surface area (Å²) in [6.45, 7) is 0. The number of pyridine rings is 1. The zero-order chi connectivity index (χ0) is 18.1. The van der Waals surface area contributed by atoms with Crippen LogP contribution in [0.3, 0.4) is 0 Å². The molecule has 1 aromatic heterocycles. The molecular formula is C18H17BrNO5+. The molecule has 0 unspecified atom stereocenters. The fourth-order valence-corrected chi connectivity index (χ4v) is 3.65. The van der Waals surface area contributed by atoms with Crippen LogP contribution in [-0.2, 0) is 19.1 Å². The summed E-state index contributed by atoms with van der Waals surface area (Å²) in [4.78, 5) is 24.2. The zero-order valence-corrected chi connectivity index (χ0v) is 15.4. The van der Waals surface area contributed by atoms with Crippen molar-refractivity contribution in [2.24, 2.45) is 0 Å². The van der Waals surface area contributed by atoms with Gasteiger partial charge in [-0.2, -0.15) is 4.57 Å². The number of hydrogen-bond donors (Lipinski definition) is 1. The Morgan fingerprint density at radius 2 is 1.80 bits per heavy atom. The number of rotatable bonds is 4. The normalized spacial score (nSPS) is 14.8. The number of carbonyl (C=O) groups excluding carboxylic acids is 2. The maximum Gasteiger partial charge on any atom is 0.408 e. The van der Waals surface area contributed by atoms with Crippen molar-refractivity contribution in [3.05, 3.63) is 46.4 Å². The van der Waals surface area contributed by atoms with Crippen molar-refractivity contribution in [1.82, 2.24) is 0 Å². The highest BCUT2D eigenvalue weighted by atomic mass is 79.9.